The predicted molar refractivity (Wildman–Crippen MR) is 92.5 cm³/mol. The molecule has 2 N–H and O–H groups in total. The first-order valence-electron chi connectivity index (χ1n) is 7.61. The van der Waals surface area contributed by atoms with Gasteiger partial charge in [0.1, 0.15) is 6.23 Å². The highest BCUT2D eigenvalue weighted by atomic mass is 32.1. The Balaban J connectivity index is 1.74. The summed E-state index contributed by atoms with van der Waals surface area (Å²) >= 11 is 1.49. The Kier molecular flexibility index (Phi) is 4.85. The van der Waals surface area contributed by atoms with E-state index in [1.807, 2.05) is 35.7 Å². The number of rotatable bonds is 6. The molecule has 6 heteroatoms. The van der Waals surface area contributed by atoms with Crippen molar-refractivity contribution in [1.29, 1.82) is 0 Å². The first-order chi connectivity index (χ1) is 11.2. The second kappa shape index (κ2) is 7.04. The number of aliphatic hydroxyl groups excluding tert-OH is 1. The minimum absolute atomic E-state index is 0.0341. The highest BCUT2D eigenvalue weighted by molar-refractivity contribution is 7.17. The summed E-state index contributed by atoms with van der Waals surface area (Å²) < 4.78 is 2.18. The lowest BCUT2D eigenvalue weighted by atomic mass is 10.0. The van der Waals surface area contributed by atoms with E-state index in [0.717, 1.165) is 16.7 Å². The lowest BCUT2D eigenvalue weighted by Crippen LogP contribution is -2.39. The van der Waals surface area contributed by atoms with Crippen LogP contribution in [0.1, 0.15) is 24.9 Å². The van der Waals surface area contributed by atoms with Crippen molar-refractivity contribution in [3.8, 4) is 0 Å². The van der Waals surface area contributed by atoms with Crippen LogP contribution in [0.25, 0.3) is 10.1 Å². The van der Waals surface area contributed by atoms with Crippen molar-refractivity contribution in [3.63, 3.8) is 0 Å². The standard InChI is InChI=1S/C17H19N3O2S/c1-2-14(12-6-4-3-5-7-12)19-16(21)11-20-17(22)13-8-9-23-15(13)10-18-20/h3-10,14,16,19,21H,2,11H2,1H3/t14-,16?/m0/s1. The van der Waals surface area contributed by atoms with Crippen molar-refractivity contribution in [3.05, 3.63) is 63.9 Å². The highest BCUT2D eigenvalue weighted by Crippen LogP contribution is 2.17. The second-order valence-electron chi connectivity index (χ2n) is 5.38. The van der Waals surface area contributed by atoms with Gasteiger partial charge in [-0.05, 0) is 23.4 Å². The Morgan fingerprint density at radius 3 is 2.83 bits per heavy atom. The van der Waals surface area contributed by atoms with Gasteiger partial charge in [0.15, 0.2) is 0 Å². The van der Waals surface area contributed by atoms with Crippen molar-refractivity contribution in [2.45, 2.75) is 32.2 Å². The van der Waals surface area contributed by atoms with Crippen molar-refractivity contribution < 1.29 is 5.11 Å². The van der Waals surface area contributed by atoms with Crippen LogP contribution in [-0.2, 0) is 6.54 Å². The van der Waals surface area contributed by atoms with Crippen LogP contribution in [0, 0.1) is 0 Å². The number of fused-ring (bicyclic) bond motifs is 1. The van der Waals surface area contributed by atoms with Gasteiger partial charge in [-0.3, -0.25) is 10.1 Å². The zero-order valence-corrected chi connectivity index (χ0v) is 13.7. The maximum absolute atomic E-state index is 12.3. The zero-order chi connectivity index (χ0) is 16.2. The fraction of sp³-hybridized carbons (Fsp3) is 0.294. The second-order valence-corrected chi connectivity index (χ2v) is 6.33. The maximum Gasteiger partial charge on any atom is 0.275 e. The summed E-state index contributed by atoms with van der Waals surface area (Å²) in [5, 5.41) is 20.1. The van der Waals surface area contributed by atoms with Crippen molar-refractivity contribution in [1.82, 2.24) is 15.1 Å². The molecule has 0 aliphatic rings. The molecule has 0 saturated heterocycles. The average molecular weight is 329 g/mol. The van der Waals surface area contributed by atoms with Crippen LogP contribution < -0.4 is 10.9 Å². The molecule has 5 nitrogen and oxygen atoms in total. The van der Waals surface area contributed by atoms with Gasteiger partial charge in [-0.1, -0.05) is 37.3 Å². The van der Waals surface area contributed by atoms with Crippen LogP contribution in [0.3, 0.4) is 0 Å². The molecular formula is C17H19N3O2S. The molecule has 0 aliphatic carbocycles. The van der Waals surface area contributed by atoms with E-state index in [1.165, 1.54) is 16.0 Å². The molecule has 3 aromatic rings. The third kappa shape index (κ3) is 3.50. The van der Waals surface area contributed by atoms with Gasteiger partial charge >= 0.3 is 0 Å². The van der Waals surface area contributed by atoms with Gasteiger partial charge in [0.05, 0.1) is 22.8 Å². The maximum atomic E-state index is 12.3. The number of hydrogen-bond donors (Lipinski definition) is 2. The summed E-state index contributed by atoms with van der Waals surface area (Å²) in [6, 6.07) is 11.8. The molecule has 3 rings (SSSR count). The lowest BCUT2D eigenvalue weighted by Gasteiger charge is -2.22. The van der Waals surface area contributed by atoms with Crippen LogP contribution in [0.4, 0.5) is 0 Å². The van der Waals surface area contributed by atoms with E-state index in [4.69, 9.17) is 0 Å². The molecule has 0 spiro atoms. The van der Waals surface area contributed by atoms with Crippen LogP contribution in [-0.4, -0.2) is 21.1 Å². The van der Waals surface area contributed by atoms with Gasteiger partial charge in [-0.2, -0.15) is 5.10 Å². The first kappa shape index (κ1) is 15.9. The number of hydrogen-bond acceptors (Lipinski definition) is 5. The molecule has 0 aliphatic heterocycles. The summed E-state index contributed by atoms with van der Waals surface area (Å²) in [4.78, 5) is 12.3. The van der Waals surface area contributed by atoms with Crippen LogP contribution in [0.5, 0.6) is 0 Å². The highest BCUT2D eigenvalue weighted by Gasteiger charge is 2.15. The molecular weight excluding hydrogens is 310 g/mol. The fourth-order valence-corrected chi connectivity index (χ4v) is 3.37. The van der Waals surface area contributed by atoms with E-state index in [0.29, 0.717) is 5.39 Å². The normalized spacial score (nSPS) is 14.0. The van der Waals surface area contributed by atoms with E-state index < -0.39 is 6.23 Å². The molecule has 0 fully saturated rings. The monoisotopic (exact) mass is 329 g/mol. The number of nitrogens with one attached hydrogen (secondary N) is 1. The minimum Gasteiger partial charge on any atom is -0.377 e. The molecule has 2 heterocycles. The molecule has 0 amide bonds. The van der Waals surface area contributed by atoms with E-state index >= 15 is 0 Å². The Labute approximate surface area is 138 Å². The van der Waals surface area contributed by atoms with E-state index in [1.54, 1.807) is 12.3 Å². The zero-order valence-electron chi connectivity index (χ0n) is 12.8. The molecule has 0 saturated carbocycles. The van der Waals surface area contributed by atoms with Crippen LogP contribution >= 0.6 is 11.3 Å². The smallest absolute Gasteiger partial charge is 0.275 e. The molecule has 120 valence electrons. The Hall–Kier alpha value is -2.02. The van der Waals surface area contributed by atoms with Gasteiger partial charge in [-0.25, -0.2) is 4.68 Å². The molecule has 1 aromatic carbocycles. The Morgan fingerprint density at radius 1 is 1.30 bits per heavy atom. The van der Waals surface area contributed by atoms with Crippen molar-refractivity contribution in [2.24, 2.45) is 0 Å². The molecule has 0 radical (unpaired) electrons. The lowest BCUT2D eigenvalue weighted by molar-refractivity contribution is 0.0975. The summed E-state index contributed by atoms with van der Waals surface area (Å²) in [7, 11) is 0. The third-order valence-electron chi connectivity index (χ3n) is 3.82. The molecule has 23 heavy (non-hydrogen) atoms. The summed E-state index contributed by atoms with van der Waals surface area (Å²) in [6.07, 6.45) is 1.66. The SMILES string of the molecule is CC[C@H](NC(O)Cn1ncc2sccc2c1=O)c1ccccc1. The topological polar surface area (TPSA) is 67.2 Å². The van der Waals surface area contributed by atoms with Gasteiger partial charge in [-0.15, -0.1) is 11.3 Å². The number of aliphatic hydroxyl groups is 1. The van der Waals surface area contributed by atoms with E-state index in [-0.39, 0.29) is 18.1 Å². The average Bonchev–Trinajstić information content (AvgIpc) is 3.05. The largest absolute Gasteiger partial charge is 0.377 e. The minimum atomic E-state index is -0.846. The number of aromatic nitrogens is 2. The predicted octanol–water partition coefficient (Wildman–Crippen LogP) is 2.52. The van der Waals surface area contributed by atoms with Gasteiger partial charge in [0, 0.05) is 6.04 Å². The first-order valence-corrected chi connectivity index (χ1v) is 8.49. The van der Waals surface area contributed by atoms with Crippen molar-refractivity contribution in [2.75, 3.05) is 0 Å². The Morgan fingerprint density at radius 2 is 2.09 bits per heavy atom. The van der Waals surface area contributed by atoms with Gasteiger partial charge in [0.25, 0.3) is 5.56 Å². The number of thiophene rings is 1. The third-order valence-corrected chi connectivity index (χ3v) is 4.68. The van der Waals surface area contributed by atoms with Gasteiger partial charge in [0.2, 0.25) is 0 Å². The van der Waals surface area contributed by atoms with Crippen LogP contribution in [0.2, 0.25) is 0 Å². The molecule has 1 unspecified atom stereocenters. The summed E-state index contributed by atoms with van der Waals surface area (Å²) in [5.41, 5.74) is 0.944. The molecule has 0 bridgehead atoms. The molecule has 2 aromatic heterocycles. The summed E-state index contributed by atoms with van der Waals surface area (Å²) in [6.45, 7) is 2.17. The molecule has 2 atom stereocenters. The quantitative estimate of drug-likeness (QED) is 0.682. The summed E-state index contributed by atoms with van der Waals surface area (Å²) in [5.74, 6) is 0. The number of nitrogens with zero attached hydrogens (tertiary/aromatic N) is 2. The van der Waals surface area contributed by atoms with Crippen molar-refractivity contribution >= 4 is 21.4 Å². The van der Waals surface area contributed by atoms with Crippen LogP contribution in [0.15, 0.2) is 52.8 Å². The van der Waals surface area contributed by atoms with Gasteiger partial charge < -0.3 is 5.11 Å². The Bertz CT molecular complexity index is 828. The number of benzene rings is 1. The van der Waals surface area contributed by atoms with E-state index in [2.05, 4.69) is 17.3 Å². The van der Waals surface area contributed by atoms with E-state index in [9.17, 15) is 9.90 Å². The fourth-order valence-electron chi connectivity index (χ4n) is 2.63.